The zero-order valence-electron chi connectivity index (χ0n) is 20.9. The van der Waals surface area contributed by atoms with Crippen LogP contribution in [-0.4, -0.2) is 39.0 Å². The third-order valence-electron chi connectivity index (χ3n) is 6.02. The number of hydrogen-bond donors (Lipinski definition) is 2. The number of aromatic carboxylic acids is 1. The highest BCUT2D eigenvalue weighted by atomic mass is 16.5. The fourth-order valence-electron chi connectivity index (χ4n) is 4.03. The van der Waals surface area contributed by atoms with Crippen molar-refractivity contribution in [1.29, 1.82) is 0 Å². The zero-order valence-corrected chi connectivity index (χ0v) is 20.9. The van der Waals surface area contributed by atoms with Crippen molar-refractivity contribution in [1.82, 2.24) is 9.97 Å². The minimum atomic E-state index is -1.13. The van der Waals surface area contributed by atoms with Crippen LogP contribution in [0.1, 0.15) is 27.6 Å². The maximum absolute atomic E-state index is 12.9. The number of anilines is 1. The Kier molecular flexibility index (Phi) is 7.09. The molecule has 0 spiro atoms. The lowest BCUT2D eigenvalue weighted by Crippen LogP contribution is -2.30. The van der Waals surface area contributed by atoms with Crippen LogP contribution in [0.5, 0.6) is 0 Å². The number of hydrogen-bond acceptors (Lipinski definition) is 6. The molecule has 2 N–H and O–H groups in total. The standard InChI is InChI=1S/C31H23N3O5/c1-19(29(35)32-24-14-8-13-22(17-24)30(36)37)39-31(38)23-15-16-25-26(18-23)34-28(21-11-6-3-7-12-21)27(33-25)20-9-4-2-5-10-20/h2-19H,1H3,(H,32,35)(H,36,37). The zero-order chi connectivity index (χ0) is 27.4. The molecular formula is C31H23N3O5. The van der Waals surface area contributed by atoms with Gasteiger partial charge in [0.15, 0.2) is 6.10 Å². The van der Waals surface area contributed by atoms with Gasteiger partial charge in [-0.05, 0) is 43.3 Å². The van der Waals surface area contributed by atoms with E-state index < -0.39 is 23.9 Å². The number of carboxylic acid groups (broad SMARTS) is 1. The summed E-state index contributed by atoms with van der Waals surface area (Å²) in [6, 6.07) is 30.1. The second-order valence-corrected chi connectivity index (χ2v) is 8.78. The van der Waals surface area contributed by atoms with Crippen molar-refractivity contribution in [2.24, 2.45) is 0 Å². The van der Waals surface area contributed by atoms with E-state index in [1.54, 1.807) is 24.3 Å². The first-order valence-electron chi connectivity index (χ1n) is 12.2. The molecule has 0 aliphatic carbocycles. The van der Waals surface area contributed by atoms with Gasteiger partial charge in [-0.3, -0.25) is 4.79 Å². The summed E-state index contributed by atoms with van der Waals surface area (Å²) in [6.07, 6.45) is -1.13. The molecule has 192 valence electrons. The molecule has 4 aromatic carbocycles. The van der Waals surface area contributed by atoms with Crippen LogP contribution in [0.25, 0.3) is 33.5 Å². The molecule has 0 fully saturated rings. The first-order valence-corrected chi connectivity index (χ1v) is 12.2. The van der Waals surface area contributed by atoms with Crippen LogP contribution in [0, 0.1) is 0 Å². The average Bonchev–Trinajstić information content (AvgIpc) is 2.97. The van der Waals surface area contributed by atoms with Gasteiger partial charge >= 0.3 is 11.9 Å². The summed E-state index contributed by atoms with van der Waals surface area (Å²) in [4.78, 5) is 46.4. The maximum atomic E-state index is 12.9. The predicted molar refractivity (Wildman–Crippen MR) is 147 cm³/mol. The number of rotatable bonds is 7. The number of nitrogens with zero attached hydrogens (tertiary/aromatic N) is 2. The minimum absolute atomic E-state index is 0.0278. The third-order valence-corrected chi connectivity index (χ3v) is 6.02. The highest BCUT2D eigenvalue weighted by Crippen LogP contribution is 2.31. The van der Waals surface area contributed by atoms with E-state index in [4.69, 9.17) is 19.8 Å². The van der Waals surface area contributed by atoms with Gasteiger partial charge in [-0.1, -0.05) is 66.7 Å². The Morgan fingerprint density at radius 3 is 1.95 bits per heavy atom. The predicted octanol–water partition coefficient (Wildman–Crippen LogP) is 5.85. The Bertz CT molecular complexity index is 1690. The van der Waals surface area contributed by atoms with E-state index in [2.05, 4.69) is 5.32 Å². The van der Waals surface area contributed by atoms with Crippen molar-refractivity contribution in [3.05, 3.63) is 114 Å². The number of esters is 1. The average molecular weight is 518 g/mol. The molecule has 0 saturated carbocycles. The van der Waals surface area contributed by atoms with E-state index in [0.29, 0.717) is 16.7 Å². The van der Waals surface area contributed by atoms with E-state index in [1.807, 2.05) is 60.7 Å². The Labute approximate surface area is 223 Å². The number of fused-ring (bicyclic) bond motifs is 1. The number of ether oxygens (including phenoxy) is 1. The van der Waals surface area contributed by atoms with Crippen molar-refractivity contribution in [2.75, 3.05) is 5.32 Å². The molecule has 0 radical (unpaired) electrons. The van der Waals surface area contributed by atoms with Gasteiger partial charge < -0.3 is 15.2 Å². The van der Waals surface area contributed by atoms with Gasteiger partial charge in [-0.25, -0.2) is 19.6 Å². The van der Waals surface area contributed by atoms with Crippen LogP contribution in [0.4, 0.5) is 5.69 Å². The Morgan fingerprint density at radius 1 is 0.718 bits per heavy atom. The SMILES string of the molecule is CC(OC(=O)c1ccc2nc(-c3ccccc3)c(-c3ccccc3)nc2c1)C(=O)Nc1cccc(C(=O)O)c1. The number of carboxylic acids is 1. The lowest BCUT2D eigenvalue weighted by Gasteiger charge is -2.14. The van der Waals surface area contributed by atoms with Crippen molar-refractivity contribution in [2.45, 2.75) is 13.0 Å². The summed E-state index contributed by atoms with van der Waals surface area (Å²) < 4.78 is 5.39. The van der Waals surface area contributed by atoms with Crippen LogP contribution in [0.15, 0.2) is 103 Å². The van der Waals surface area contributed by atoms with E-state index in [0.717, 1.165) is 16.8 Å². The van der Waals surface area contributed by atoms with Crippen LogP contribution in [0.3, 0.4) is 0 Å². The van der Waals surface area contributed by atoms with Crippen LogP contribution in [-0.2, 0) is 9.53 Å². The first-order chi connectivity index (χ1) is 18.9. The monoisotopic (exact) mass is 517 g/mol. The number of carbonyl (C=O) groups excluding carboxylic acids is 2. The fraction of sp³-hybridized carbons (Fsp3) is 0.0645. The smallest absolute Gasteiger partial charge is 0.338 e. The van der Waals surface area contributed by atoms with Gasteiger partial charge in [-0.15, -0.1) is 0 Å². The summed E-state index contributed by atoms with van der Waals surface area (Å²) in [5.41, 5.74) is 4.85. The van der Waals surface area contributed by atoms with Gasteiger partial charge in [0, 0.05) is 16.8 Å². The molecule has 5 rings (SSSR count). The van der Waals surface area contributed by atoms with Gasteiger partial charge in [-0.2, -0.15) is 0 Å². The minimum Gasteiger partial charge on any atom is -0.478 e. The van der Waals surface area contributed by atoms with Gasteiger partial charge in [0.2, 0.25) is 0 Å². The molecule has 1 aromatic heterocycles. The van der Waals surface area contributed by atoms with Crippen LogP contribution < -0.4 is 5.32 Å². The quantitative estimate of drug-likeness (QED) is 0.260. The van der Waals surface area contributed by atoms with E-state index in [1.165, 1.54) is 25.1 Å². The molecule has 1 amide bonds. The Hall–Kier alpha value is -5.37. The van der Waals surface area contributed by atoms with Crippen molar-refractivity contribution in [3.8, 4) is 22.5 Å². The molecule has 0 aliphatic heterocycles. The molecule has 0 bridgehead atoms. The van der Waals surface area contributed by atoms with E-state index in [9.17, 15) is 14.4 Å². The second-order valence-electron chi connectivity index (χ2n) is 8.78. The lowest BCUT2D eigenvalue weighted by molar-refractivity contribution is -0.123. The second kappa shape index (κ2) is 10.9. The van der Waals surface area contributed by atoms with Crippen molar-refractivity contribution >= 4 is 34.6 Å². The highest BCUT2D eigenvalue weighted by molar-refractivity contribution is 5.99. The molecule has 1 atom stereocenters. The molecule has 39 heavy (non-hydrogen) atoms. The summed E-state index contributed by atoms with van der Waals surface area (Å²) in [6.45, 7) is 1.44. The number of aromatic nitrogens is 2. The van der Waals surface area contributed by atoms with Gasteiger partial charge in [0.1, 0.15) is 0 Å². The largest absolute Gasteiger partial charge is 0.478 e. The highest BCUT2D eigenvalue weighted by Gasteiger charge is 2.21. The Morgan fingerprint density at radius 2 is 1.33 bits per heavy atom. The van der Waals surface area contributed by atoms with E-state index >= 15 is 0 Å². The molecule has 8 nitrogen and oxygen atoms in total. The summed E-state index contributed by atoms with van der Waals surface area (Å²) in [5, 5.41) is 11.7. The number of amides is 1. The van der Waals surface area contributed by atoms with Crippen LogP contribution in [0.2, 0.25) is 0 Å². The molecule has 8 heteroatoms. The van der Waals surface area contributed by atoms with Gasteiger partial charge in [0.05, 0.1) is 33.5 Å². The fourth-order valence-corrected chi connectivity index (χ4v) is 4.03. The van der Waals surface area contributed by atoms with E-state index in [-0.39, 0.29) is 16.8 Å². The molecule has 1 unspecified atom stereocenters. The first kappa shape index (κ1) is 25.3. The molecule has 1 heterocycles. The van der Waals surface area contributed by atoms with Crippen molar-refractivity contribution < 1.29 is 24.2 Å². The number of carbonyl (C=O) groups is 3. The molecule has 0 aliphatic rings. The third kappa shape index (κ3) is 5.65. The summed E-state index contributed by atoms with van der Waals surface area (Å²) in [5.74, 6) is -2.41. The van der Waals surface area contributed by atoms with Crippen LogP contribution >= 0.6 is 0 Å². The number of nitrogens with one attached hydrogen (secondary N) is 1. The van der Waals surface area contributed by atoms with Crippen molar-refractivity contribution in [3.63, 3.8) is 0 Å². The summed E-state index contributed by atoms with van der Waals surface area (Å²) in [7, 11) is 0. The van der Waals surface area contributed by atoms with Gasteiger partial charge in [0.25, 0.3) is 5.91 Å². The molecule has 5 aromatic rings. The topological polar surface area (TPSA) is 118 Å². The number of benzene rings is 4. The Balaban J connectivity index is 1.40. The molecular weight excluding hydrogens is 494 g/mol. The normalized spacial score (nSPS) is 11.5. The molecule has 0 saturated heterocycles. The summed E-state index contributed by atoms with van der Waals surface area (Å²) >= 11 is 0. The maximum Gasteiger partial charge on any atom is 0.338 e. The lowest BCUT2D eigenvalue weighted by atomic mass is 10.0.